The van der Waals surface area contributed by atoms with Gasteiger partial charge in [0.05, 0.1) is 11.5 Å². The molecule has 2 aromatic rings. The van der Waals surface area contributed by atoms with Gasteiger partial charge >= 0.3 is 5.97 Å². The van der Waals surface area contributed by atoms with Crippen LogP contribution in [0.2, 0.25) is 0 Å². The fourth-order valence-corrected chi connectivity index (χ4v) is 3.04. The number of carbonyl (C=O) groups excluding carboxylic acids is 1. The van der Waals surface area contributed by atoms with Crippen LogP contribution in [0.1, 0.15) is 10.4 Å². The lowest BCUT2D eigenvalue weighted by atomic mass is 10.2. The largest absolute Gasteiger partial charge is 0.632 e. The zero-order valence-electron chi connectivity index (χ0n) is 13.6. The number of hydrogen-bond acceptors (Lipinski definition) is 5. The first-order valence-electron chi connectivity index (χ1n) is 7.81. The van der Waals surface area contributed by atoms with Crippen molar-refractivity contribution in [2.45, 2.75) is 6.54 Å². The fourth-order valence-electron chi connectivity index (χ4n) is 2.24. The molecule has 0 fully saturated rings. The molecule has 0 aliphatic heterocycles. The molecule has 1 atom stereocenters. The summed E-state index contributed by atoms with van der Waals surface area (Å²) in [5.41, 5.74) is 0.672. The van der Waals surface area contributed by atoms with Crippen molar-refractivity contribution in [3.05, 3.63) is 69.3 Å². The van der Waals surface area contributed by atoms with Gasteiger partial charge in [-0.15, -0.1) is 11.3 Å². The van der Waals surface area contributed by atoms with Crippen molar-refractivity contribution in [2.24, 2.45) is 0 Å². The molecule has 1 heterocycles. The first kappa shape index (κ1) is 19.3. The van der Waals surface area contributed by atoms with Crippen molar-refractivity contribution >= 4 is 23.4 Å². The Morgan fingerprint density at radius 2 is 2.04 bits per heavy atom. The Morgan fingerprint density at radius 3 is 2.68 bits per heavy atom. The third-order valence-corrected chi connectivity index (χ3v) is 4.42. The third kappa shape index (κ3) is 6.75. The standard InChI is InChI=1S/C18H20FNO4S/c19-16-6-3-15(4-7-16)5-8-18(22)24-12-10-20(23,9-11-21)14-17-2-1-13-25-17/h1-8,13,21H,9-12,14H2/b8-5+/t20-/m0/s1. The Balaban J connectivity index is 1.82. The van der Waals surface area contributed by atoms with E-state index in [1.165, 1.54) is 35.6 Å². The summed E-state index contributed by atoms with van der Waals surface area (Å²) in [5, 5.41) is 23.7. The summed E-state index contributed by atoms with van der Waals surface area (Å²) in [6.07, 6.45) is 2.75. The van der Waals surface area contributed by atoms with E-state index in [1.807, 2.05) is 17.5 Å². The molecule has 0 radical (unpaired) electrons. The van der Waals surface area contributed by atoms with Crippen LogP contribution in [0, 0.1) is 11.0 Å². The minimum Gasteiger partial charge on any atom is -0.632 e. The molecule has 7 heteroatoms. The minimum atomic E-state index is -0.647. The number of aliphatic hydroxyl groups is 1. The summed E-state index contributed by atoms with van der Waals surface area (Å²) in [7, 11) is 0. The number of esters is 1. The molecule has 2 rings (SSSR count). The van der Waals surface area contributed by atoms with Gasteiger partial charge < -0.3 is 19.7 Å². The van der Waals surface area contributed by atoms with Gasteiger partial charge in [-0.3, -0.25) is 0 Å². The molecule has 0 amide bonds. The topological polar surface area (TPSA) is 69.6 Å². The summed E-state index contributed by atoms with van der Waals surface area (Å²) in [6, 6.07) is 9.41. The molecule has 1 aromatic heterocycles. The number of thiophene rings is 1. The average molecular weight is 365 g/mol. The molecule has 1 aromatic carbocycles. The van der Waals surface area contributed by atoms with Crippen molar-refractivity contribution in [1.29, 1.82) is 0 Å². The molecule has 0 spiro atoms. The normalized spacial score (nSPS) is 13.7. The van der Waals surface area contributed by atoms with Crippen LogP contribution in [0.4, 0.5) is 4.39 Å². The van der Waals surface area contributed by atoms with Crippen LogP contribution in [0.15, 0.2) is 47.9 Å². The average Bonchev–Trinajstić information content (AvgIpc) is 3.07. The van der Waals surface area contributed by atoms with Crippen LogP contribution in [0.3, 0.4) is 0 Å². The maximum Gasteiger partial charge on any atom is 0.330 e. The number of carbonyl (C=O) groups is 1. The van der Waals surface area contributed by atoms with Crippen LogP contribution in [0.25, 0.3) is 6.08 Å². The Morgan fingerprint density at radius 1 is 1.28 bits per heavy atom. The molecule has 0 saturated carbocycles. The first-order chi connectivity index (χ1) is 12.0. The molecule has 0 aliphatic carbocycles. The quantitative estimate of drug-likeness (QED) is 0.321. The van der Waals surface area contributed by atoms with E-state index in [9.17, 15) is 14.4 Å². The number of benzene rings is 1. The zero-order chi connectivity index (χ0) is 18.1. The Kier molecular flexibility index (Phi) is 7.27. The van der Waals surface area contributed by atoms with E-state index in [0.717, 1.165) is 4.88 Å². The van der Waals surface area contributed by atoms with Gasteiger partial charge in [0, 0.05) is 6.08 Å². The van der Waals surface area contributed by atoms with E-state index >= 15 is 0 Å². The molecular formula is C18H20FNO4S. The monoisotopic (exact) mass is 365 g/mol. The molecule has 134 valence electrons. The van der Waals surface area contributed by atoms with Gasteiger partial charge in [0.1, 0.15) is 32.1 Å². The summed E-state index contributed by atoms with van der Waals surface area (Å²) in [5.74, 6) is -0.921. The van der Waals surface area contributed by atoms with Crippen molar-refractivity contribution in [1.82, 2.24) is 0 Å². The Labute approximate surface area is 149 Å². The third-order valence-electron chi connectivity index (χ3n) is 3.56. The van der Waals surface area contributed by atoms with E-state index in [-0.39, 0.29) is 38.7 Å². The number of rotatable bonds is 9. The minimum absolute atomic E-state index is 0.0402. The van der Waals surface area contributed by atoms with Crippen LogP contribution >= 0.6 is 11.3 Å². The molecular weight excluding hydrogens is 345 g/mol. The van der Waals surface area contributed by atoms with E-state index in [0.29, 0.717) is 5.56 Å². The highest BCUT2D eigenvalue weighted by molar-refractivity contribution is 7.09. The highest BCUT2D eigenvalue weighted by Gasteiger charge is 2.18. The van der Waals surface area contributed by atoms with Gasteiger partial charge in [-0.25, -0.2) is 9.18 Å². The number of hydrogen-bond donors (Lipinski definition) is 1. The van der Waals surface area contributed by atoms with Crippen molar-refractivity contribution in [2.75, 3.05) is 26.3 Å². The second-order valence-electron chi connectivity index (χ2n) is 5.52. The van der Waals surface area contributed by atoms with Crippen LogP contribution in [0.5, 0.6) is 0 Å². The molecule has 0 aliphatic rings. The smallest absolute Gasteiger partial charge is 0.330 e. The number of halogens is 1. The highest BCUT2D eigenvalue weighted by atomic mass is 32.1. The SMILES string of the molecule is O=C(/C=C/c1ccc(F)cc1)OCC[N@@+]([O-])(CCO)Cc1cccs1. The number of hydroxylamine groups is 3. The molecule has 0 bridgehead atoms. The zero-order valence-corrected chi connectivity index (χ0v) is 14.5. The van der Waals surface area contributed by atoms with E-state index in [1.54, 1.807) is 12.1 Å². The molecule has 25 heavy (non-hydrogen) atoms. The van der Waals surface area contributed by atoms with Crippen LogP contribution in [-0.4, -0.2) is 42.0 Å². The second-order valence-corrected chi connectivity index (χ2v) is 6.55. The lowest BCUT2D eigenvalue weighted by Gasteiger charge is -2.41. The number of aliphatic hydroxyl groups excluding tert-OH is 1. The molecule has 1 N–H and O–H groups in total. The first-order valence-corrected chi connectivity index (χ1v) is 8.69. The van der Waals surface area contributed by atoms with E-state index in [4.69, 9.17) is 9.84 Å². The lowest BCUT2D eigenvalue weighted by molar-refractivity contribution is -0.894. The van der Waals surface area contributed by atoms with Gasteiger partial charge in [0.2, 0.25) is 0 Å². The van der Waals surface area contributed by atoms with Crippen molar-refractivity contribution < 1.29 is 23.7 Å². The number of ether oxygens (including phenoxy) is 1. The maximum atomic E-state index is 12.8. The maximum absolute atomic E-state index is 12.8. The summed E-state index contributed by atoms with van der Waals surface area (Å²) < 4.78 is 17.2. The van der Waals surface area contributed by atoms with Crippen LogP contribution < -0.4 is 0 Å². The van der Waals surface area contributed by atoms with Crippen molar-refractivity contribution in [3.63, 3.8) is 0 Å². The van der Waals surface area contributed by atoms with Gasteiger partial charge in [0.15, 0.2) is 0 Å². The van der Waals surface area contributed by atoms with Crippen LogP contribution in [-0.2, 0) is 16.1 Å². The Hall–Kier alpha value is -2.06. The molecule has 0 saturated heterocycles. The second kappa shape index (κ2) is 9.43. The summed E-state index contributed by atoms with van der Waals surface area (Å²) in [4.78, 5) is 12.6. The summed E-state index contributed by atoms with van der Waals surface area (Å²) in [6.45, 7) is 0.0748. The summed E-state index contributed by atoms with van der Waals surface area (Å²) >= 11 is 1.48. The van der Waals surface area contributed by atoms with Gasteiger partial charge in [-0.2, -0.15) is 0 Å². The van der Waals surface area contributed by atoms with Crippen molar-refractivity contribution in [3.8, 4) is 0 Å². The Bertz CT molecular complexity index is 688. The highest BCUT2D eigenvalue weighted by Crippen LogP contribution is 2.17. The van der Waals surface area contributed by atoms with Gasteiger partial charge in [-0.05, 0) is 35.2 Å². The lowest BCUT2D eigenvalue weighted by Crippen LogP contribution is -2.45. The molecule has 0 unspecified atom stereocenters. The van der Waals surface area contributed by atoms with Gasteiger partial charge in [0.25, 0.3) is 0 Å². The predicted octanol–water partition coefficient (Wildman–Crippen LogP) is 2.95. The molecule has 5 nitrogen and oxygen atoms in total. The van der Waals surface area contributed by atoms with E-state index in [2.05, 4.69) is 0 Å². The fraction of sp³-hybridized carbons (Fsp3) is 0.278. The number of nitrogens with zero attached hydrogens (tertiary/aromatic N) is 1. The van der Waals surface area contributed by atoms with E-state index < -0.39 is 10.6 Å². The number of quaternary nitrogens is 1. The van der Waals surface area contributed by atoms with Gasteiger partial charge in [-0.1, -0.05) is 18.2 Å². The predicted molar refractivity (Wildman–Crippen MR) is 94.9 cm³/mol.